The Morgan fingerprint density at radius 2 is 2.19 bits per heavy atom. The number of alkyl halides is 1. The van der Waals surface area contributed by atoms with Crippen LogP contribution in [0.25, 0.3) is 0 Å². The minimum atomic E-state index is -0.126. The maximum atomic E-state index is 11.3. The summed E-state index contributed by atoms with van der Waals surface area (Å²) in [6, 6.07) is 0. The van der Waals surface area contributed by atoms with Crippen molar-refractivity contribution >= 4 is 40.1 Å². The lowest BCUT2D eigenvalue weighted by Crippen LogP contribution is -2.00. The number of carbonyl (C=O) groups is 1. The van der Waals surface area contributed by atoms with Crippen molar-refractivity contribution in [2.75, 3.05) is 5.88 Å². The molecule has 0 N–H and O–H groups in total. The minimum Gasteiger partial charge on any atom is -0.291 e. The van der Waals surface area contributed by atoms with Gasteiger partial charge in [0, 0.05) is 17.2 Å². The predicted molar refractivity (Wildman–Crippen MR) is 66.8 cm³/mol. The number of aromatic nitrogens is 2. The number of carbonyl (C=O) groups excluding carboxylic acids is 1. The molecular weight excluding hydrogens is 264 g/mol. The molecular formula is C10H9ClN2OS2. The quantitative estimate of drug-likeness (QED) is 0.635. The van der Waals surface area contributed by atoms with E-state index in [9.17, 15) is 4.79 Å². The summed E-state index contributed by atoms with van der Waals surface area (Å²) in [6.45, 7) is 1.97. The van der Waals surface area contributed by atoms with Crippen LogP contribution in [-0.4, -0.2) is 21.6 Å². The summed E-state index contributed by atoms with van der Waals surface area (Å²) in [4.78, 5) is 19.9. The molecule has 0 aliphatic rings. The third kappa shape index (κ3) is 2.66. The highest BCUT2D eigenvalue weighted by Gasteiger charge is 2.10. The second-order valence-corrected chi connectivity index (χ2v) is 5.49. The Morgan fingerprint density at radius 3 is 2.81 bits per heavy atom. The van der Waals surface area contributed by atoms with Crippen LogP contribution < -0.4 is 0 Å². The number of halogens is 1. The van der Waals surface area contributed by atoms with E-state index in [1.807, 2.05) is 12.3 Å². The first-order chi connectivity index (χ1) is 7.69. The first-order valence-electron chi connectivity index (χ1n) is 4.63. The standard InChI is InChI=1S/C10H9ClN2OS2/c1-6-12-7(4-15-6)2-10-13-8(5-16-10)9(14)3-11/h4-5H,2-3H2,1H3. The van der Waals surface area contributed by atoms with Gasteiger partial charge in [-0.15, -0.1) is 34.3 Å². The van der Waals surface area contributed by atoms with Gasteiger partial charge in [0.05, 0.1) is 21.6 Å². The summed E-state index contributed by atoms with van der Waals surface area (Å²) in [7, 11) is 0. The number of thiazole rings is 2. The van der Waals surface area contributed by atoms with E-state index in [0.717, 1.165) is 15.7 Å². The van der Waals surface area contributed by atoms with Crippen molar-refractivity contribution in [3.63, 3.8) is 0 Å². The highest BCUT2D eigenvalue weighted by atomic mass is 35.5. The molecule has 0 unspecified atom stereocenters. The maximum absolute atomic E-state index is 11.3. The van der Waals surface area contributed by atoms with Gasteiger partial charge in [0.25, 0.3) is 0 Å². The molecule has 2 aromatic rings. The monoisotopic (exact) mass is 272 g/mol. The van der Waals surface area contributed by atoms with Crippen molar-refractivity contribution in [3.8, 4) is 0 Å². The molecule has 0 radical (unpaired) electrons. The summed E-state index contributed by atoms with van der Waals surface area (Å²) >= 11 is 8.55. The van der Waals surface area contributed by atoms with Crippen molar-refractivity contribution in [3.05, 3.63) is 32.2 Å². The van der Waals surface area contributed by atoms with Gasteiger partial charge in [-0.05, 0) is 6.92 Å². The van der Waals surface area contributed by atoms with Gasteiger partial charge in [-0.3, -0.25) is 4.79 Å². The normalized spacial score (nSPS) is 10.6. The molecule has 0 aliphatic heterocycles. The SMILES string of the molecule is Cc1nc(Cc2nc(C(=O)CCl)cs2)cs1. The average Bonchev–Trinajstić information content (AvgIpc) is 2.87. The summed E-state index contributed by atoms with van der Waals surface area (Å²) in [5.41, 5.74) is 1.46. The van der Waals surface area contributed by atoms with Gasteiger partial charge >= 0.3 is 0 Å². The molecule has 6 heteroatoms. The van der Waals surface area contributed by atoms with Crippen molar-refractivity contribution in [1.82, 2.24) is 9.97 Å². The first-order valence-corrected chi connectivity index (χ1v) is 6.93. The third-order valence-corrected chi connectivity index (χ3v) is 3.87. The van der Waals surface area contributed by atoms with Crippen LogP contribution in [0.2, 0.25) is 0 Å². The van der Waals surface area contributed by atoms with Crippen molar-refractivity contribution in [2.45, 2.75) is 13.3 Å². The summed E-state index contributed by atoms with van der Waals surface area (Å²) in [6.07, 6.45) is 0.685. The number of hydrogen-bond acceptors (Lipinski definition) is 5. The van der Waals surface area contributed by atoms with Crippen LogP contribution in [0.3, 0.4) is 0 Å². The molecule has 3 nitrogen and oxygen atoms in total. The number of hydrogen-bond donors (Lipinski definition) is 0. The Bertz CT molecular complexity index is 506. The van der Waals surface area contributed by atoms with Crippen LogP contribution in [0.5, 0.6) is 0 Å². The van der Waals surface area contributed by atoms with Crippen LogP contribution in [-0.2, 0) is 6.42 Å². The zero-order chi connectivity index (χ0) is 11.5. The number of ketones is 1. The van der Waals surface area contributed by atoms with Crippen LogP contribution in [0.1, 0.15) is 26.2 Å². The van der Waals surface area contributed by atoms with E-state index in [4.69, 9.17) is 11.6 Å². The van der Waals surface area contributed by atoms with Gasteiger partial charge in [-0.25, -0.2) is 9.97 Å². The fourth-order valence-electron chi connectivity index (χ4n) is 1.23. The molecule has 2 heterocycles. The molecule has 16 heavy (non-hydrogen) atoms. The smallest absolute Gasteiger partial charge is 0.196 e. The number of nitrogens with zero attached hydrogens (tertiary/aromatic N) is 2. The molecule has 0 aliphatic carbocycles. The Labute approximate surface area is 106 Å². The predicted octanol–water partition coefficient (Wildman–Crippen LogP) is 2.92. The van der Waals surface area contributed by atoms with Crippen molar-refractivity contribution < 1.29 is 4.79 Å². The minimum absolute atomic E-state index is 0.0149. The van der Waals surface area contributed by atoms with Gasteiger partial charge < -0.3 is 0 Å². The topological polar surface area (TPSA) is 42.9 Å². The second kappa shape index (κ2) is 5.03. The molecule has 0 spiro atoms. The fourth-order valence-corrected chi connectivity index (χ4v) is 2.80. The van der Waals surface area contributed by atoms with E-state index in [1.54, 1.807) is 16.7 Å². The van der Waals surface area contributed by atoms with Crippen molar-refractivity contribution in [1.29, 1.82) is 0 Å². The lowest BCUT2D eigenvalue weighted by Gasteiger charge is -1.90. The van der Waals surface area contributed by atoms with Crippen molar-refractivity contribution in [2.24, 2.45) is 0 Å². The molecule has 0 saturated heterocycles. The van der Waals surface area contributed by atoms with Gasteiger partial charge in [0.1, 0.15) is 5.69 Å². The lowest BCUT2D eigenvalue weighted by molar-refractivity contribution is 0.101. The second-order valence-electron chi connectivity index (χ2n) is 3.22. The van der Waals surface area contributed by atoms with Crippen LogP contribution >= 0.6 is 34.3 Å². The molecule has 0 fully saturated rings. The third-order valence-electron chi connectivity index (χ3n) is 1.96. The number of aryl methyl sites for hydroxylation is 1. The largest absolute Gasteiger partial charge is 0.291 e. The molecule has 2 aromatic heterocycles. The summed E-state index contributed by atoms with van der Waals surface area (Å²) in [5.74, 6) is -0.141. The van der Waals surface area contributed by atoms with Crippen LogP contribution in [0.4, 0.5) is 0 Å². The molecule has 0 saturated carbocycles. The van der Waals surface area contributed by atoms with Crippen LogP contribution in [0.15, 0.2) is 10.8 Å². The Hall–Kier alpha value is -0.780. The number of Topliss-reactive ketones (excluding diaryl/α,β-unsaturated/α-hetero) is 1. The van der Waals surface area contributed by atoms with Gasteiger partial charge in [0.2, 0.25) is 0 Å². The zero-order valence-corrected chi connectivity index (χ0v) is 11.0. The Morgan fingerprint density at radius 1 is 1.38 bits per heavy atom. The molecule has 84 valence electrons. The van der Waals surface area contributed by atoms with E-state index in [-0.39, 0.29) is 11.7 Å². The maximum Gasteiger partial charge on any atom is 0.196 e. The summed E-state index contributed by atoms with van der Waals surface area (Å²) in [5, 5.41) is 5.71. The van der Waals surface area contributed by atoms with E-state index in [0.29, 0.717) is 12.1 Å². The van der Waals surface area contributed by atoms with E-state index in [2.05, 4.69) is 9.97 Å². The fraction of sp³-hybridized carbons (Fsp3) is 0.300. The zero-order valence-electron chi connectivity index (χ0n) is 8.57. The Kier molecular flexibility index (Phi) is 3.68. The highest BCUT2D eigenvalue weighted by molar-refractivity contribution is 7.10. The van der Waals surface area contributed by atoms with Crippen LogP contribution in [0, 0.1) is 6.92 Å². The lowest BCUT2D eigenvalue weighted by atomic mass is 10.3. The summed E-state index contributed by atoms with van der Waals surface area (Å²) < 4.78 is 0. The number of rotatable bonds is 4. The van der Waals surface area contributed by atoms with Gasteiger partial charge in [-0.1, -0.05) is 0 Å². The average molecular weight is 273 g/mol. The molecule has 0 amide bonds. The Balaban J connectivity index is 2.11. The molecule has 0 aromatic carbocycles. The first kappa shape index (κ1) is 11.7. The van der Waals surface area contributed by atoms with E-state index < -0.39 is 0 Å². The van der Waals surface area contributed by atoms with Gasteiger partial charge in [-0.2, -0.15) is 0 Å². The highest BCUT2D eigenvalue weighted by Crippen LogP contribution is 2.17. The van der Waals surface area contributed by atoms with Gasteiger partial charge in [0.15, 0.2) is 5.78 Å². The molecule has 0 bridgehead atoms. The molecule has 0 atom stereocenters. The van der Waals surface area contributed by atoms with E-state index >= 15 is 0 Å². The van der Waals surface area contributed by atoms with E-state index in [1.165, 1.54) is 11.3 Å². The molecule has 2 rings (SSSR count).